The Hall–Kier alpha value is -0.910. The summed E-state index contributed by atoms with van der Waals surface area (Å²) in [5.74, 6) is 0. The lowest BCUT2D eigenvalue weighted by Crippen LogP contribution is -2.33. The minimum atomic E-state index is -3.59. The zero-order valence-electron chi connectivity index (χ0n) is 8.93. The van der Waals surface area contributed by atoms with Gasteiger partial charge in [-0.2, -0.15) is 8.42 Å². The van der Waals surface area contributed by atoms with E-state index in [1.165, 1.54) is 0 Å². The van der Waals surface area contributed by atoms with Crippen molar-refractivity contribution in [1.29, 1.82) is 0 Å². The first-order chi connectivity index (χ1) is 7.68. The van der Waals surface area contributed by atoms with E-state index < -0.39 is 10.1 Å². The van der Waals surface area contributed by atoms with Gasteiger partial charge in [-0.15, -0.1) is 0 Å². The van der Waals surface area contributed by atoms with Gasteiger partial charge in [0.05, 0.1) is 11.0 Å². The molecule has 1 aliphatic rings. The summed E-state index contributed by atoms with van der Waals surface area (Å²) < 4.78 is 28.9. The molecule has 0 unspecified atom stereocenters. The van der Waals surface area contributed by atoms with Crippen molar-refractivity contribution in [3.8, 4) is 0 Å². The van der Waals surface area contributed by atoms with Crippen LogP contribution in [0, 0.1) is 0 Å². The van der Waals surface area contributed by atoms with Crippen LogP contribution in [0.5, 0.6) is 0 Å². The number of hydrogen-bond donors (Lipinski definition) is 1. The largest absolute Gasteiger partial charge is 0.317 e. The van der Waals surface area contributed by atoms with E-state index in [4.69, 9.17) is 4.18 Å². The molecule has 0 atom stereocenters. The molecule has 16 heavy (non-hydrogen) atoms. The van der Waals surface area contributed by atoms with E-state index in [2.05, 4.69) is 5.32 Å². The standard InChI is InChI=1S/C11H15NO3S/c13-16(14,11-4-2-1-3-5-11)15-10-6-8-12-9-7-10/h1-5,10,12H,6-9H2. The van der Waals surface area contributed by atoms with Crippen LogP contribution in [0.3, 0.4) is 0 Å². The predicted octanol–water partition coefficient (Wildman–Crippen LogP) is 1.14. The van der Waals surface area contributed by atoms with Gasteiger partial charge in [0, 0.05) is 0 Å². The molecular weight excluding hydrogens is 226 g/mol. The van der Waals surface area contributed by atoms with E-state index in [0.717, 1.165) is 25.9 Å². The molecule has 0 bridgehead atoms. The second kappa shape index (κ2) is 4.95. The zero-order chi connectivity index (χ0) is 11.4. The quantitative estimate of drug-likeness (QED) is 0.806. The first-order valence-corrected chi connectivity index (χ1v) is 6.78. The summed E-state index contributed by atoms with van der Waals surface area (Å²) in [6.45, 7) is 1.63. The van der Waals surface area contributed by atoms with Crippen LogP contribution < -0.4 is 5.32 Å². The Morgan fingerprint density at radius 3 is 2.38 bits per heavy atom. The van der Waals surface area contributed by atoms with Gasteiger partial charge < -0.3 is 5.32 Å². The highest BCUT2D eigenvalue weighted by Gasteiger charge is 2.22. The first kappa shape index (κ1) is 11.6. The van der Waals surface area contributed by atoms with Crippen molar-refractivity contribution < 1.29 is 12.6 Å². The number of piperidine rings is 1. The lowest BCUT2D eigenvalue weighted by atomic mass is 10.1. The van der Waals surface area contributed by atoms with Crippen LogP contribution in [0.25, 0.3) is 0 Å². The van der Waals surface area contributed by atoms with Crippen LogP contribution in [0.4, 0.5) is 0 Å². The molecule has 0 aliphatic carbocycles. The summed E-state index contributed by atoms with van der Waals surface area (Å²) >= 11 is 0. The van der Waals surface area contributed by atoms with Gasteiger partial charge >= 0.3 is 0 Å². The third-order valence-electron chi connectivity index (χ3n) is 2.58. The molecule has 0 aromatic heterocycles. The zero-order valence-corrected chi connectivity index (χ0v) is 9.74. The number of hydrogen-bond acceptors (Lipinski definition) is 4. The molecule has 5 heteroatoms. The van der Waals surface area contributed by atoms with Crippen molar-refractivity contribution in [3.05, 3.63) is 30.3 Å². The molecule has 4 nitrogen and oxygen atoms in total. The SMILES string of the molecule is O=S(=O)(OC1CCNCC1)c1ccccc1. The maximum absolute atomic E-state index is 11.9. The van der Waals surface area contributed by atoms with Crippen molar-refractivity contribution in [2.45, 2.75) is 23.8 Å². The van der Waals surface area contributed by atoms with Crippen LogP contribution in [0.15, 0.2) is 35.2 Å². The topological polar surface area (TPSA) is 55.4 Å². The van der Waals surface area contributed by atoms with Crippen LogP contribution in [-0.2, 0) is 14.3 Å². The molecule has 1 fully saturated rings. The second-order valence-corrected chi connectivity index (χ2v) is 5.38. The Balaban J connectivity index is 2.08. The first-order valence-electron chi connectivity index (χ1n) is 5.37. The molecule has 0 amide bonds. The van der Waals surface area contributed by atoms with Gasteiger partial charge in [0.1, 0.15) is 0 Å². The van der Waals surface area contributed by atoms with Gasteiger partial charge in [0.15, 0.2) is 0 Å². The highest BCUT2D eigenvalue weighted by molar-refractivity contribution is 7.86. The molecule has 1 heterocycles. The molecule has 1 saturated heterocycles. The molecule has 0 spiro atoms. The fourth-order valence-electron chi connectivity index (χ4n) is 1.71. The average Bonchev–Trinajstić information content (AvgIpc) is 2.31. The third-order valence-corrected chi connectivity index (χ3v) is 3.96. The Morgan fingerprint density at radius 1 is 1.12 bits per heavy atom. The van der Waals surface area contributed by atoms with Crippen molar-refractivity contribution in [2.75, 3.05) is 13.1 Å². The molecule has 1 N–H and O–H groups in total. The third kappa shape index (κ3) is 2.81. The molecule has 0 saturated carbocycles. The molecule has 1 aromatic rings. The number of rotatable bonds is 3. The summed E-state index contributed by atoms with van der Waals surface area (Å²) in [5.41, 5.74) is 0. The average molecular weight is 241 g/mol. The normalized spacial score (nSPS) is 18.5. The van der Waals surface area contributed by atoms with E-state index in [1.807, 2.05) is 0 Å². The highest BCUT2D eigenvalue weighted by Crippen LogP contribution is 2.17. The highest BCUT2D eigenvalue weighted by atomic mass is 32.2. The van der Waals surface area contributed by atoms with Crippen molar-refractivity contribution in [1.82, 2.24) is 5.32 Å². The van der Waals surface area contributed by atoms with E-state index >= 15 is 0 Å². The van der Waals surface area contributed by atoms with E-state index in [9.17, 15) is 8.42 Å². The number of nitrogens with one attached hydrogen (secondary N) is 1. The minimum absolute atomic E-state index is 0.188. The Bertz CT molecular complexity index is 424. The van der Waals surface area contributed by atoms with Crippen LogP contribution in [0.2, 0.25) is 0 Å². The fraction of sp³-hybridized carbons (Fsp3) is 0.455. The van der Waals surface area contributed by atoms with Gasteiger partial charge in [0.25, 0.3) is 10.1 Å². The summed E-state index contributed by atoms with van der Waals surface area (Å²) in [6.07, 6.45) is 1.30. The molecule has 1 aromatic carbocycles. The smallest absolute Gasteiger partial charge is 0.297 e. The monoisotopic (exact) mass is 241 g/mol. The Labute approximate surface area is 95.7 Å². The van der Waals surface area contributed by atoms with Crippen molar-refractivity contribution in [3.63, 3.8) is 0 Å². The minimum Gasteiger partial charge on any atom is -0.317 e. The number of benzene rings is 1. The van der Waals surface area contributed by atoms with E-state index in [0.29, 0.717) is 0 Å². The van der Waals surface area contributed by atoms with Crippen molar-refractivity contribution >= 4 is 10.1 Å². The maximum atomic E-state index is 11.9. The van der Waals surface area contributed by atoms with E-state index in [-0.39, 0.29) is 11.0 Å². The fourth-order valence-corrected chi connectivity index (χ4v) is 2.87. The van der Waals surface area contributed by atoms with Crippen molar-refractivity contribution in [2.24, 2.45) is 0 Å². The second-order valence-electron chi connectivity index (χ2n) is 3.81. The van der Waals surface area contributed by atoms with Gasteiger partial charge in [-0.1, -0.05) is 18.2 Å². The van der Waals surface area contributed by atoms with Gasteiger partial charge in [0.2, 0.25) is 0 Å². The Kier molecular flexibility index (Phi) is 3.58. The lowest BCUT2D eigenvalue weighted by molar-refractivity contribution is 0.170. The van der Waals surface area contributed by atoms with Crippen LogP contribution in [0.1, 0.15) is 12.8 Å². The molecule has 0 radical (unpaired) electrons. The Morgan fingerprint density at radius 2 is 1.75 bits per heavy atom. The summed E-state index contributed by atoms with van der Waals surface area (Å²) in [5, 5.41) is 3.17. The lowest BCUT2D eigenvalue weighted by Gasteiger charge is -2.22. The molecule has 2 rings (SSSR count). The maximum Gasteiger partial charge on any atom is 0.297 e. The molecule has 1 aliphatic heterocycles. The van der Waals surface area contributed by atoms with E-state index in [1.54, 1.807) is 30.3 Å². The summed E-state index contributed by atoms with van der Waals surface area (Å²) in [7, 11) is -3.59. The predicted molar refractivity (Wildman–Crippen MR) is 60.6 cm³/mol. The molecule has 88 valence electrons. The van der Waals surface area contributed by atoms with Gasteiger partial charge in [-0.05, 0) is 38.1 Å². The van der Waals surface area contributed by atoms with Crippen LogP contribution >= 0.6 is 0 Å². The molecular formula is C11H15NO3S. The summed E-state index contributed by atoms with van der Waals surface area (Å²) in [4.78, 5) is 0.230. The van der Waals surface area contributed by atoms with Crippen LogP contribution in [-0.4, -0.2) is 27.6 Å². The van der Waals surface area contributed by atoms with Gasteiger partial charge in [-0.25, -0.2) is 0 Å². The van der Waals surface area contributed by atoms with Gasteiger partial charge in [-0.3, -0.25) is 4.18 Å². The summed E-state index contributed by atoms with van der Waals surface area (Å²) in [6, 6.07) is 8.27.